The Morgan fingerprint density at radius 1 is 1.16 bits per heavy atom. The van der Waals surface area contributed by atoms with Crippen LogP contribution < -0.4 is 0 Å². The molecule has 0 amide bonds. The zero-order chi connectivity index (χ0) is 23.2. The molecule has 1 saturated carbocycles. The van der Waals surface area contributed by atoms with Gasteiger partial charge < -0.3 is 28.5 Å². The van der Waals surface area contributed by atoms with E-state index in [1.165, 1.54) is 0 Å². The fraction of sp³-hybridized carbons (Fsp3) is 0.885. The molecule has 6 heteroatoms. The lowest BCUT2D eigenvalue weighted by Crippen LogP contribution is -2.50. The monoisotopic (exact) mass is 452 g/mol. The van der Waals surface area contributed by atoms with Crippen molar-refractivity contribution in [2.45, 2.75) is 91.3 Å². The Balaban J connectivity index is 1.74. The molecule has 0 aromatic rings. The van der Waals surface area contributed by atoms with E-state index in [0.29, 0.717) is 32.8 Å². The number of carbonyl (C=O) groups excluding carboxylic acids is 1. The van der Waals surface area contributed by atoms with Gasteiger partial charge in [-0.2, -0.15) is 0 Å². The predicted octanol–water partition coefficient (Wildman–Crippen LogP) is 4.90. The first-order valence-corrected chi connectivity index (χ1v) is 12.5. The molecule has 2 aliphatic heterocycles. The molecular weight excluding hydrogens is 408 g/mol. The summed E-state index contributed by atoms with van der Waals surface area (Å²) in [6.45, 7) is 14.0. The van der Waals surface area contributed by atoms with E-state index in [1.54, 1.807) is 0 Å². The predicted molar refractivity (Wildman–Crippen MR) is 123 cm³/mol. The summed E-state index contributed by atoms with van der Waals surface area (Å²) in [4.78, 5) is 11.5. The molecule has 3 rings (SSSR count). The molecule has 32 heavy (non-hydrogen) atoms. The van der Waals surface area contributed by atoms with Crippen molar-refractivity contribution in [2.75, 3.05) is 33.0 Å². The Kier molecular flexibility index (Phi) is 8.95. The van der Waals surface area contributed by atoms with E-state index in [-0.39, 0.29) is 35.1 Å². The molecule has 184 valence electrons. The van der Waals surface area contributed by atoms with Gasteiger partial charge in [-0.15, -0.1) is 0 Å². The van der Waals surface area contributed by atoms with Crippen LogP contribution >= 0.6 is 0 Å². The maximum atomic E-state index is 11.5. The number of hydrogen-bond acceptors (Lipinski definition) is 6. The van der Waals surface area contributed by atoms with Crippen LogP contribution in [0.2, 0.25) is 0 Å². The summed E-state index contributed by atoms with van der Waals surface area (Å²) in [5.74, 6) is -0.411. The summed E-state index contributed by atoms with van der Waals surface area (Å²) in [6.07, 6.45) is 10.4. The van der Waals surface area contributed by atoms with Gasteiger partial charge in [-0.25, -0.2) is 0 Å². The van der Waals surface area contributed by atoms with Gasteiger partial charge in [0.25, 0.3) is 0 Å². The van der Waals surface area contributed by atoms with Crippen molar-refractivity contribution in [3.8, 4) is 0 Å². The fourth-order valence-corrected chi connectivity index (χ4v) is 5.01. The van der Waals surface area contributed by atoms with E-state index in [9.17, 15) is 4.79 Å². The highest BCUT2D eigenvalue weighted by Crippen LogP contribution is 2.49. The number of aldehydes is 1. The minimum absolute atomic E-state index is 0.00708. The topological polar surface area (TPSA) is 63.2 Å². The molecule has 6 nitrogen and oxygen atoms in total. The van der Waals surface area contributed by atoms with Crippen molar-refractivity contribution in [2.24, 2.45) is 22.7 Å². The van der Waals surface area contributed by atoms with Crippen LogP contribution in [0.25, 0.3) is 0 Å². The van der Waals surface area contributed by atoms with Gasteiger partial charge in [0.2, 0.25) is 0 Å². The molecule has 0 radical (unpaired) electrons. The molecule has 0 N–H and O–H groups in total. The summed E-state index contributed by atoms with van der Waals surface area (Å²) < 4.78 is 30.7. The second kappa shape index (κ2) is 11.1. The lowest BCUT2D eigenvalue weighted by molar-refractivity contribution is -0.315. The third-order valence-electron chi connectivity index (χ3n) is 7.09. The molecular formula is C26H44O6. The maximum Gasteiger partial charge on any atom is 0.172 e. The molecule has 1 spiro atoms. The molecule has 3 fully saturated rings. The zero-order valence-electron chi connectivity index (χ0n) is 20.8. The maximum absolute atomic E-state index is 11.5. The largest absolute Gasteiger partial charge is 0.381 e. The van der Waals surface area contributed by atoms with Crippen molar-refractivity contribution in [1.82, 2.24) is 0 Å². The van der Waals surface area contributed by atoms with Crippen LogP contribution in [-0.2, 0) is 28.5 Å². The summed E-state index contributed by atoms with van der Waals surface area (Å²) in [6, 6.07) is 0. The van der Waals surface area contributed by atoms with Crippen LogP contribution in [0.5, 0.6) is 0 Å². The first-order chi connectivity index (χ1) is 15.2. The highest BCUT2D eigenvalue weighted by atomic mass is 16.7. The van der Waals surface area contributed by atoms with Crippen molar-refractivity contribution in [3.63, 3.8) is 0 Å². The number of hydrogen-bond donors (Lipinski definition) is 0. The number of rotatable bonds is 10. The Morgan fingerprint density at radius 2 is 1.91 bits per heavy atom. The Labute approximate surface area is 194 Å². The lowest BCUT2D eigenvalue weighted by Gasteiger charge is -2.45. The molecule has 2 saturated heterocycles. The van der Waals surface area contributed by atoms with Gasteiger partial charge in [-0.1, -0.05) is 39.8 Å². The van der Waals surface area contributed by atoms with Gasteiger partial charge in [0.1, 0.15) is 6.29 Å². The zero-order valence-corrected chi connectivity index (χ0v) is 20.8. The SMILES string of the molecule is CCOCC(C)(C)C(C=CC1CCC2(OCC(C)(C)CO2)C1CC=O)OC1CCCCO1. The highest BCUT2D eigenvalue weighted by Gasteiger charge is 2.53. The van der Waals surface area contributed by atoms with Gasteiger partial charge in [0.15, 0.2) is 12.1 Å². The normalized spacial score (nSPS) is 31.2. The van der Waals surface area contributed by atoms with Gasteiger partial charge >= 0.3 is 0 Å². The van der Waals surface area contributed by atoms with E-state index >= 15 is 0 Å². The van der Waals surface area contributed by atoms with E-state index in [2.05, 4.69) is 39.8 Å². The average molecular weight is 453 g/mol. The molecule has 2 heterocycles. The van der Waals surface area contributed by atoms with Crippen LogP contribution in [0.15, 0.2) is 12.2 Å². The van der Waals surface area contributed by atoms with Gasteiger partial charge in [-0.3, -0.25) is 0 Å². The molecule has 3 aliphatic rings. The third-order valence-corrected chi connectivity index (χ3v) is 7.09. The van der Waals surface area contributed by atoms with Crippen molar-refractivity contribution < 1.29 is 28.5 Å². The summed E-state index contributed by atoms with van der Waals surface area (Å²) >= 11 is 0. The van der Waals surface area contributed by atoms with Crippen LogP contribution in [0.1, 0.15) is 73.1 Å². The van der Waals surface area contributed by atoms with Crippen molar-refractivity contribution in [3.05, 3.63) is 12.2 Å². The molecule has 0 aromatic carbocycles. The van der Waals surface area contributed by atoms with Crippen LogP contribution in [0.3, 0.4) is 0 Å². The highest BCUT2D eigenvalue weighted by molar-refractivity contribution is 5.50. The Bertz CT molecular complexity index is 612. The summed E-state index contributed by atoms with van der Waals surface area (Å²) in [5, 5.41) is 0. The number of carbonyl (C=O) groups is 1. The first-order valence-electron chi connectivity index (χ1n) is 12.5. The second-order valence-corrected chi connectivity index (χ2v) is 11.1. The Hall–Kier alpha value is -0.790. The quantitative estimate of drug-likeness (QED) is 0.347. The summed E-state index contributed by atoms with van der Waals surface area (Å²) in [5.41, 5.74) is -0.196. The van der Waals surface area contributed by atoms with E-state index in [1.807, 2.05) is 6.92 Å². The Morgan fingerprint density at radius 3 is 2.53 bits per heavy atom. The lowest BCUT2D eigenvalue weighted by atomic mass is 9.84. The standard InChI is InChI=1S/C26H44O6/c1-6-28-19-25(4,5)22(32-23-9-7-8-16-29-23)11-10-20-12-14-26(21(20)13-15-27)30-17-24(2,3)18-31-26/h10-11,15,20-23H,6-9,12-14,16-19H2,1-5H3. The van der Waals surface area contributed by atoms with Gasteiger partial charge in [0.05, 0.1) is 25.9 Å². The number of allylic oxidation sites excluding steroid dienone is 1. The first kappa shape index (κ1) is 25.8. The van der Waals surface area contributed by atoms with Crippen molar-refractivity contribution in [1.29, 1.82) is 0 Å². The summed E-state index contributed by atoms with van der Waals surface area (Å²) in [7, 11) is 0. The minimum atomic E-state index is -0.644. The molecule has 4 unspecified atom stereocenters. The van der Waals surface area contributed by atoms with Crippen LogP contribution in [-0.4, -0.2) is 57.5 Å². The number of ether oxygens (including phenoxy) is 5. The fourth-order valence-electron chi connectivity index (χ4n) is 5.01. The molecule has 4 atom stereocenters. The minimum Gasteiger partial charge on any atom is -0.381 e. The van der Waals surface area contributed by atoms with Gasteiger partial charge in [-0.05, 0) is 38.5 Å². The average Bonchev–Trinajstić information content (AvgIpc) is 3.10. The van der Waals surface area contributed by atoms with Crippen LogP contribution in [0, 0.1) is 22.7 Å². The second-order valence-electron chi connectivity index (χ2n) is 11.1. The van der Waals surface area contributed by atoms with Gasteiger partial charge in [0, 0.05) is 42.8 Å². The molecule has 0 aromatic heterocycles. The third kappa shape index (κ3) is 6.41. The van der Waals surface area contributed by atoms with E-state index in [4.69, 9.17) is 23.7 Å². The molecule has 0 bridgehead atoms. The van der Waals surface area contributed by atoms with E-state index < -0.39 is 5.79 Å². The van der Waals surface area contributed by atoms with Crippen molar-refractivity contribution >= 4 is 6.29 Å². The smallest absolute Gasteiger partial charge is 0.172 e. The van der Waals surface area contributed by atoms with E-state index in [0.717, 1.165) is 45.0 Å². The van der Waals surface area contributed by atoms with Crippen LogP contribution in [0.4, 0.5) is 0 Å². The molecule has 1 aliphatic carbocycles.